The molecular formula is C18H23ClN2O4. The van der Waals surface area contributed by atoms with Crippen LogP contribution in [0.5, 0.6) is 0 Å². The highest BCUT2D eigenvalue weighted by molar-refractivity contribution is 6.30. The van der Waals surface area contributed by atoms with E-state index in [1.807, 2.05) is 6.92 Å². The van der Waals surface area contributed by atoms with Gasteiger partial charge < -0.3 is 15.3 Å². The Bertz CT molecular complexity index is 641. The van der Waals surface area contributed by atoms with Crippen molar-refractivity contribution in [1.29, 1.82) is 0 Å². The number of aliphatic carboxylic acids is 1. The molecule has 2 N–H and O–H groups in total. The van der Waals surface area contributed by atoms with Crippen molar-refractivity contribution in [1.82, 2.24) is 4.90 Å². The van der Waals surface area contributed by atoms with Crippen molar-refractivity contribution in [3.8, 4) is 0 Å². The first-order valence-electron chi connectivity index (χ1n) is 8.43. The van der Waals surface area contributed by atoms with Crippen molar-refractivity contribution in [2.45, 2.75) is 39.0 Å². The second-order valence-electron chi connectivity index (χ2n) is 6.49. The molecular weight excluding hydrogens is 344 g/mol. The van der Waals surface area contributed by atoms with Gasteiger partial charge in [0.1, 0.15) is 0 Å². The summed E-state index contributed by atoms with van der Waals surface area (Å²) in [5.74, 6) is -1.52. The van der Waals surface area contributed by atoms with Crippen molar-refractivity contribution in [3.05, 3.63) is 29.3 Å². The summed E-state index contributed by atoms with van der Waals surface area (Å²) in [6, 6.07) is 6.69. The van der Waals surface area contributed by atoms with E-state index in [-0.39, 0.29) is 24.8 Å². The molecule has 0 bridgehead atoms. The van der Waals surface area contributed by atoms with Gasteiger partial charge in [-0.3, -0.25) is 14.4 Å². The molecule has 1 aromatic rings. The van der Waals surface area contributed by atoms with Gasteiger partial charge in [0.15, 0.2) is 0 Å². The second kappa shape index (κ2) is 8.34. The number of amides is 2. The molecule has 1 aromatic carbocycles. The molecule has 1 saturated carbocycles. The second-order valence-corrected chi connectivity index (χ2v) is 6.92. The van der Waals surface area contributed by atoms with Gasteiger partial charge in [0, 0.05) is 23.7 Å². The minimum Gasteiger partial charge on any atom is -0.481 e. The number of nitrogens with one attached hydrogen (secondary N) is 1. The number of hydrogen-bond acceptors (Lipinski definition) is 3. The van der Waals surface area contributed by atoms with E-state index < -0.39 is 11.4 Å². The van der Waals surface area contributed by atoms with E-state index in [0.717, 1.165) is 6.42 Å². The Kier molecular flexibility index (Phi) is 6.42. The van der Waals surface area contributed by atoms with Crippen LogP contribution in [0.1, 0.15) is 39.0 Å². The summed E-state index contributed by atoms with van der Waals surface area (Å²) in [6.07, 6.45) is 2.51. The summed E-state index contributed by atoms with van der Waals surface area (Å²) in [5, 5.41) is 12.7. The Morgan fingerprint density at radius 2 is 1.88 bits per heavy atom. The summed E-state index contributed by atoms with van der Waals surface area (Å²) in [5.41, 5.74) is -0.352. The minimum atomic E-state index is -0.949. The molecule has 0 atom stereocenters. The van der Waals surface area contributed by atoms with Crippen LogP contribution < -0.4 is 5.32 Å². The average molecular weight is 367 g/mol. The van der Waals surface area contributed by atoms with Gasteiger partial charge >= 0.3 is 5.97 Å². The lowest BCUT2D eigenvalue weighted by Gasteiger charge is -2.38. The number of carboxylic acids is 1. The standard InChI is InChI=1S/C18H23ClN2O4/c1-2-10-21(16(23)11-18(17(24)25)8-3-9-18)12-15(22)20-14-6-4-13(19)5-7-14/h4-7H,2-3,8-12H2,1H3,(H,20,22)(H,24,25). The van der Waals surface area contributed by atoms with Gasteiger partial charge in [0.25, 0.3) is 0 Å². The summed E-state index contributed by atoms with van der Waals surface area (Å²) < 4.78 is 0. The lowest BCUT2D eigenvalue weighted by molar-refractivity contribution is -0.159. The van der Waals surface area contributed by atoms with Gasteiger partial charge in [-0.1, -0.05) is 24.9 Å². The van der Waals surface area contributed by atoms with Gasteiger partial charge in [0.05, 0.1) is 12.0 Å². The van der Waals surface area contributed by atoms with Crippen LogP contribution in [0.4, 0.5) is 5.69 Å². The maximum atomic E-state index is 12.5. The fourth-order valence-electron chi connectivity index (χ4n) is 2.94. The van der Waals surface area contributed by atoms with Crippen molar-refractivity contribution < 1.29 is 19.5 Å². The van der Waals surface area contributed by atoms with Crippen LogP contribution in [0.15, 0.2) is 24.3 Å². The topological polar surface area (TPSA) is 86.7 Å². The van der Waals surface area contributed by atoms with E-state index in [0.29, 0.717) is 36.5 Å². The van der Waals surface area contributed by atoms with Crippen molar-refractivity contribution in [3.63, 3.8) is 0 Å². The Hall–Kier alpha value is -2.08. The van der Waals surface area contributed by atoms with Gasteiger partial charge in [-0.15, -0.1) is 0 Å². The molecule has 25 heavy (non-hydrogen) atoms. The molecule has 1 aliphatic rings. The zero-order valence-corrected chi connectivity index (χ0v) is 15.0. The summed E-state index contributed by atoms with van der Waals surface area (Å²) in [4.78, 5) is 37.6. The first-order valence-corrected chi connectivity index (χ1v) is 8.81. The number of rotatable bonds is 8. The highest BCUT2D eigenvalue weighted by Crippen LogP contribution is 2.44. The molecule has 1 aliphatic carbocycles. The normalized spacial score (nSPS) is 15.1. The van der Waals surface area contributed by atoms with Crippen molar-refractivity contribution in [2.75, 3.05) is 18.4 Å². The molecule has 0 aromatic heterocycles. The SMILES string of the molecule is CCCN(CC(=O)Nc1ccc(Cl)cc1)C(=O)CC1(C(=O)O)CCC1. The number of carbonyl (C=O) groups is 3. The smallest absolute Gasteiger partial charge is 0.310 e. The fourth-order valence-corrected chi connectivity index (χ4v) is 3.07. The van der Waals surface area contributed by atoms with Gasteiger partial charge in [0.2, 0.25) is 11.8 Å². The van der Waals surface area contributed by atoms with Gasteiger partial charge in [-0.05, 0) is 43.5 Å². The summed E-state index contributed by atoms with van der Waals surface area (Å²) in [7, 11) is 0. The number of anilines is 1. The molecule has 0 aliphatic heterocycles. The van der Waals surface area contributed by atoms with E-state index in [1.54, 1.807) is 24.3 Å². The van der Waals surface area contributed by atoms with E-state index in [4.69, 9.17) is 11.6 Å². The average Bonchev–Trinajstić information content (AvgIpc) is 2.52. The molecule has 2 amide bonds. The molecule has 6 nitrogen and oxygen atoms in total. The fraction of sp³-hybridized carbons (Fsp3) is 0.500. The number of carbonyl (C=O) groups excluding carboxylic acids is 2. The van der Waals surface area contributed by atoms with E-state index >= 15 is 0 Å². The summed E-state index contributed by atoms with van der Waals surface area (Å²) in [6.45, 7) is 2.24. The predicted molar refractivity (Wildman–Crippen MR) is 95.5 cm³/mol. The molecule has 136 valence electrons. The predicted octanol–water partition coefficient (Wildman–Crippen LogP) is 3.16. The molecule has 0 radical (unpaired) electrons. The van der Waals surface area contributed by atoms with Crippen LogP contribution in [0.2, 0.25) is 5.02 Å². The van der Waals surface area contributed by atoms with Crippen LogP contribution in [0.3, 0.4) is 0 Å². The monoisotopic (exact) mass is 366 g/mol. The highest BCUT2D eigenvalue weighted by atomic mass is 35.5. The number of benzene rings is 1. The Morgan fingerprint density at radius 1 is 1.24 bits per heavy atom. The molecule has 7 heteroatoms. The maximum Gasteiger partial charge on any atom is 0.310 e. The molecule has 2 rings (SSSR count). The van der Waals surface area contributed by atoms with Crippen LogP contribution >= 0.6 is 11.6 Å². The van der Waals surface area contributed by atoms with Gasteiger partial charge in [-0.2, -0.15) is 0 Å². The number of nitrogens with zero attached hydrogens (tertiary/aromatic N) is 1. The highest BCUT2D eigenvalue weighted by Gasteiger charge is 2.46. The quantitative estimate of drug-likeness (QED) is 0.739. The zero-order chi connectivity index (χ0) is 18.4. The Morgan fingerprint density at radius 3 is 2.36 bits per heavy atom. The van der Waals surface area contributed by atoms with Crippen LogP contribution in [0.25, 0.3) is 0 Å². The molecule has 0 heterocycles. The third-order valence-corrected chi connectivity index (χ3v) is 4.81. The van der Waals surface area contributed by atoms with Gasteiger partial charge in [-0.25, -0.2) is 0 Å². The van der Waals surface area contributed by atoms with E-state index in [2.05, 4.69) is 5.32 Å². The van der Waals surface area contributed by atoms with Crippen LogP contribution in [-0.4, -0.2) is 40.9 Å². The molecule has 0 saturated heterocycles. The van der Waals surface area contributed by atoms with E-state index in [9.17, 15) is 19.5 Å². The summed E-state index contributed by atoms with van der Waals surface area (Å²) >= 11 is 5.81. The Balaban J connectivity index is 1.96. The Labute approximate surface area is 152 Å². The van der Waals surface area contributed by atoms with Crippen molar-refractivity contribution >= 4 is 35.1 Å². The first-order chi connectivity index (χ1) is 11.9. The van der Waals surface area contributed by atoms with Crippen LogP contribution in [0, 0.1) is 5.41 Å². The number of carboxylic acid groups (broad SMARTS) is 1. The maximum absolute atomic E-state index is 12.5. The van der Waals surface area contributed by atoms with Crippen LogP contribution in [-0.2, 0) is 14.4 Å². The molecule has 0 spiro atoms. The zero-order valence-electron chi connectivity index (χ0n) is 14.3. The first kappa shape index (κ1) is 19.2. The molecule has 0 unspecified atom stereocenters. The minimum absolute atomic E-state index is 0.0451. The lowest BCUT2D eigenvalue weighted by atomic mass is 9.66. The number of halogens is 1. The number of hydrogen-bond donors (Lipinski definition) is 2. The largest absolute Gasteiger partial charge is 0.481 e. The lowest BCUT2D eigenvalue weighted by Crippen LogP contribution is -2.45. The third kappa shape index (κ3) is 4.95. The third-order valence-electron chi connectivity index (χ3n) is 4.56. The van der Waals surface area contributed by atoms with E-state index in [1.165, 1.54) is 4.90 Å². The molecule has 1 fully saturated rings. The van der Waals surface area contributed by atoms with Crippen molar-refractivity contribution in [2.24, 2.45) is 5.41 Å².